The van der Waals surface area contributed by atoms with Gasteiger partial charge in [0.2, 0.25) is 5.95 Å². The van der Waals surface area contributed by atoms with Crippen LogP contribution in [-0.4, -0.2) is 23.4 Å². The zero-order valence-electron chi connectivity index (χ0n) is 7.78. The molecule has 0 N–H and O–H groups in total. The van der Waals surface area contributed by atoms with Crippen LogP contribution >= 0.6 is 11.8 Å². The van der Waals surface area contributed by atoms with Crippen LogP contribution in [0.15, 0.2) is 23.2 Å². The molecule has 4 heteroatoms. The van der Waals surface area contributed by atoms with Gasteiger partial charge in [-0.1, -0.05) is 0 Å². The Kier molecular flexibility index (Phi) is 3.37. The van der Waals surface area contributed by atoms with E-state index in [2.05, 4.69) is 4.98 Å². The van der Waals surface area contributed by atoms with Crippen molar-refractivity contribution in [2.24, 2.45) is 0 Å². The zero-order chi connectivity index (χ0) is 9.80. The van der Waals surface area contributed by atoms with E-state index in [9.17, 15) is 4.39 Å². The molecule has 76 valence electrons. The first kappa shape index (κ1) is 9.93. The molecule has 1 aliphatic heterocycles. The molecule has 0 saturated carbocycles. The van der Waals surface area contributed by atoms with E-state index in [0.717, 1.165) is 30.1 Å². The molecular formula is C10H12FNOS. The monoisotopic (exact) mass is 213 g/mol. The Morgan fingerprint density at radius 2 is 2.57 bits per heavy atom. The molecule has 1 unspecified atom stereocenters. The fourth-order valence-corrected chi connectivity index (χ4v) is 2.42. The van der Waals surface area contributed by atoms with Gasteiger partial charge in [0.15, 0.2) is 0 Å². The molecule has 1 fully saturated rings. The van der Waals surface area contributed by atoms with Crippen molar-refractivity contribution in [1.82, 2.24) is 4.98 Å². The first-order valence-electron chi connectivity index (χ1n) is 4.70. The van der Waals surface area contributed by atoms with Crippen molar-refractivity contribution in [3.05, 3.63) is 24.3 Å². The van der Waals surface area contributed by atoms with Gasteiger partial charge in [0.25, 0.3) is 0 Å². The van der Waals surface area contributed by atoms with Crippen molar-refractivity contribution in [3.63, 3.8) is 0 Å². The van der Waals surface area contributed by atoms with Crippen LogP contribution in [0.2, 0.25) is 0 Å². The highest BCUT2D eigenvalue weighted by Crippen LogP contribution is 2.23. The lowest BCUT2D eigenvalue weighted by atomic mass is 10.3. The lowest BCUT2D eigenvalue weighted by Gasteiger charge is -2.07. The van der Waals surface area contributed by atoms with Crippen LogP contribution in [0.4, 0.5) is 4.39 Å². The van der Waals surface area contributed by atoms with E-state index in [-0.39, 0.29) is 0 Å². The minimum Gasteiger partial charge on any atom is -0.377 e. The summed E-state index contributed by atoms with van der Waals surface area (Å²) in [6.07, 6.45) is 4.11. The number of aromatic nitrogens is 1. The van der Waals surface area contributed by atoms with Crippen molar-refractivity contribution >= 4 is 11.8 Å². The Hall–Kier alpha value is -0.610. The van der Waals surface area contributed by atoms with Gasteiger partial charge >= 0.3 is 0 Å². The van der Waals surface area contributed by atoms with Crippen molar-refractivity contribution in [2.45, 2.75) is 23.8 Å². The summed E-state index contributed by atoms with van der Waals surface area (Å²) in [5.41, 5.74) is 0. The van der Waals surface area contributed by atoms with E-state index in [1.54, 1.807) is 11.8 Å². The summed E-state index contributed by atoms with van der Waals surface area (Å²) < 4.78 is 18.2. The molecule has 0 spiro atoms. The van der Waals surface area contributed by atoms with Crippen LogP contribution in [0.25, 0.3) is 0 Å². The van der Waals surface area contributed by atoms with Gasteiger partial charge in [-0.05, 0) is 18.9 Å². The summed E-state index contributed by atoms with van der Waals surface area (Å²) in [7, 11) is 0. The van der Waals surface area contributed by atoms with Gasteiger partial charge in [-0.2, -0.15) is 4.39 Å². The van der Waals surface area contributed by atoms with E-state index in [4.69, 9.17) is 4.74 Å². The van der Waals surface area contributed by atoms with Gasteiger partial charge in [-0.25, -0.2) is 4.98 Å². The van der Waals surface area contributed by atoms with Crippen LogP contribution < -0.4 is 0 Å². The highest BCUT2D eigenvalue weighted by Gasteiger charge is 2.15. The average Bonchev–Trinajstić information content (AvgIpc) is 2.67. The normalized spacial score (nSPS) is 21.4. The van der Waals surface area contributed by atoms with E-state index in [1.807, 2.05) is 6.07 Å². The van der Waals surface area contributed by atoms with E-state index >= 15 is 0 Å². The minimum absolute atomic E-state index is 0.344. The fourth-order valence-electron chi connectivity index (χ4n) is 1.44. The van der Waals surface area contributed by atoms with Gasteiger partial charge in [0.1, 0.15) is 0 Å². The fraction of sp³-hybridized carbons (Fsp3) is 0.500. The van der Waals surface area contributed by atoms with E-state index in [0.29, 0.717) is 6.10 Å². The Morgan fingerprint density at radius 3 is 3.29 bits per heavy atom. The summed E-state index contributed by atoms with van der Waals surface area (Å²) >= 11 is 1.63. The maximum Gasteiger partial charge on any atom is 0.213 e. The predicted molar refractivity (Wildman–Crippen MR) is 53.9 cm³/mol. The smallest absolute Gasteiger partial charge is 0.213 e. The van der Waals surface area contributed by atoms with Gasteiger partial charge in [-0.3, -0.25) is 0 Å². The first-order valence-corrected chi connectivity index (χ1v) is 5.69. The minimum atomic E-state index is -0.414. The third-order valence-corrected chi connectivity index (χ3v) is 3.28. The lowest BCUT2D eigenvalue weighted by Crippen LogP contribution is -2.07. The summed E-state index contributed by atoms with van der Waals surface area (Å²) in [6.45, 7) is 0.871. The Morgan fingerprint density at radius 1 is 1.64 bits per heavy atom. The van der Waals surface area contributed by atoms with Crippen molar-refractivity contribution < 1.29 is 9.13 Å². The quantitative estimate of drug-likeness (QED) is 0.569. The standard InChI is InChI=1S/C10H12FNOS/c11-10-6-9(3-4-12-10)14-7-8-2-1-5-13-8/h3-4,6,8H,1-2,5,7H2. The molecule has 1 aromatic rings. The second-order valence-corrected chi connectivity index (χ2v) is 4.35. The molecule has 1 aromatic heterocycles. The predicted octanol–water partition coefficient (Wildman–Crippen LogP) is 2.49. The van der Waals surface area contributed by atoms with Crippen LogP contribution in [0, 0.1) is 5.95 Å². The summed E-state index contributed by atoms with van der Waals surface area (Å²) in [5.74, 6) is 0.492. The second-order valence-electron chi connectivity index (χ2n) is 3.26. The highest BCUT2D eigenvalue weighted by atomic mass is 32.2. The summed E-state index contributed by atoms with van der Waals surface area (Å²) in [6, 6.07) is 3.28. The van der Waals surface area contributed by atoms with Crippen molar-refractivity contribution in [1.29, 1.82) is 0 Å². The number of halogens is 1. The van der Waals surface area contributed by atoms with E-state index < -0.39 is 5.95 Å². The summed E-state index contributed by atoms with van der Waals surface area (Å²) in [5, 5.41) is 0. The largest absolute Gasteiger partial charge is 0.377 e. The molecule has 0 aliphatic carbocycles. The number of hydrogen-bond acceptors (Lipinski definition) is 3. The molecule has 1 atom stereocenters. The molecule has 2 rings (SSSR count). The topological polar surface area (TPSA) is 22.1 Å². The molecule has 2 nitrogen and oxygen atoms in total. The second kappa shape index (κ2) is 4.75. The Labute approximate surface area is 86.9 Å². The number of hydrogen-bond donors (Lipinski definition) is 0. The maximum atomic E-state index is 12.7. The zero-order valence-corrected chi connectivity index (χ0v) is 8.60. The van der Waals surface area contributed by atoms with Gasteiger partial charge in [0, 0.05) is 29.5 Å². The van der Waals surface area contributed by atoms with E-state index in [1.165, 1.54) is 12.3 Å². The third-order valence-electron chi connectivity index (χ3n) is 2.16. The summed E-state index contributed by atoms with van der Waals surface area (Å²) in [4.78, 5) is 4.43. The maximum absolute atomic E-state index is 12.7. The Bertz CT molecular complexity index is 302. The van der Waals surface area contributed by atoms with Gasteiger partial charge < -0.3 is 4.74 Å². The van der Waals surface area contributed by atoms with Gasteiger partial charge in [-0.15, -0.1) is 11.8 Å². The Balaban J connectivity index is 1.85. The van der Waals surface area contributed by atoms with Crippen LogP contribution in [0.5, 0.6) is 0 Å². The molecule has 1 aliphatic rings. The molecule has 0 amide bonds. The SMILES string of the molecule is Fc1cc(SCC2CCCO2)ccn1. The molecule has 14 heavy (non-hydrogen) atoms. The average molecular weight is 213 g/mol. The van der Waals surface area contributed by atoms with Crippen LogP contribution in [-0.2, 0) is 4.74 Å². The van der Waals surface area contributed by atoms with Crippen molar-refractivity contribution in [2.75, 3.05) is 12.4 Å². The number of pyridine rings is 1. The van der Waals surface area contributed by atoms with Crippen molar-refractivity contribution in [3.8, 4) is 0 Å². The lowest BCUT2D eigenvalue weighted by molar-refractivity contribution is 0.129. The number of ether oxygens (including phenoxy) is 1. The molecular weight excluding hydrogens is 201 g/mol. The van der Waals surface area contributed by atoms with Crippen LogP contribution in [0.1, 0.15) is 12.8 Å². The molecule has 0 aromatic carbocycles. The molecule has 2 heterocycles. The van der Waals surface area contributed by atoms with Gasteiger partial charge in [0.05, 0.1) is 6.10 Å². The number of nitrogens with zero attached hydrogens (tertiary/aromatic N) is 1. The van der Waals surface area contributed by atoms with Crippen LogP contribution in [0.3, 0.4) is 0 Å². The molecule has 1 saturated heterocycles. The number of thioether (sulfide) groups is 1. The molecule has 0 radical (unpaired) electrons. The molecule has 0 bridgehead atoms. The third kappa shape index (κ3) is 2.69. The number of rotatable bonds is 3. The first-order chi connectivity index (χ1) is 6.84. The highest BCUT2D eigenvalue weighted by molar-refractivity contribution is 7.99.